The molecule has 316 valence electrons. The monoisotopic (exact) mass is 759 g/mol. The molecule has 0 fully saturated rings. The highest BCUT2D eigenvalue weighted by Crippen LogP contribution is 2.15. The summed E-state index contributed by atoms with van der Waals surface area (Å²) in [5.41, 5.74) is 0. The molecular weight excluding hydrogens is 669 g/mol. The molecule has 0 radical (unpaired) electrons. The smallest absolute Gasteiger partial charge is 0.306 e. The lowest BCUT2D eigenvalue weighted by molar-refractivity contribution is -0.161. The van der Waals surface area contributed by atoms with Gasteiger partial charge in [0.1, 0.15) is 6.61 Å². The second-order valence-electron chi connectivity index (χ2n) is 15.8. The molecule has 0 spiro atoms. The van der Waals surface area contributed by atoms with Crippen LogP contribution in [0.2, 0.25) is 0 Å². The number of carbonyl (C=O) groups excluding carboxylic acids is 2. The molecule has 5 nitrogen and oxygen atoms in total. The van der Waals surface area contributed by atoms with E-state index in [9.17, 15) is 14.7 Å². The van der Waals surface area contributed by atoms with Crippen LogP contribution in [0.5, 0.6) is 0 Å². The maximum Gasteiger partial charge on any atom is 0.306 e. The van der Waals surface area contributed by atoms with Crippen LogP contribution in [0.15, 0.2) is 36.5 Å². The molecule has 1 unspecified atom stereocenters. The Bertz CT molecular complexity index is 862. The zero-order valence-corrected chi connectivity index (χ0v) is 36.0. The molecule has 0 aromatic rings. The van der Waals surface area contributed by atoms with Crippen molar-refractivity contribution in [2.45, 2.75) is 251 Å². The fourth-order valence-electron chi connectivity index (χ4n) is 6.82. The number of unbranched alkanes of at least 4 members (excludes halogenated alkanes) is 29. The predicted octanol–water partition coefficient (Wildman–Crippen LogP) is 15.2. The van der Waals surface area contributed by atoms with Crippen molar-refractivity contribution in [1.82, 2.24) is 0 Å². The number of allylic oxidation sites excluding steroid dienone is 6. The molecule has 0 aromatic heterocycles. The van der Waals surface area contributed by atoms with Crippen molar-refractivity contribution < 1.29 is 24.2 Å². The van der Waals surface area contributed by atoms with Crippen LogP contribution in [-0.2, 0) is 19.1 Å². The average molecular weight is 759 g/mol. The molecular formula is C49H90O5. The second-order valence-corrected chi connectivity index (χ2v) is 15.8. The van der Waals surface area contributed by atoms with Crippen molar-refractivity contribution in [2.75, 3.05) is 13.2 Å². The van der Waals surface area contributed by atoms with Crippen LogP contribution in [0.3, 0.4) is 0 Å². The summed E-state index contributed by atoms with van der Waals surface area (Å²) in [7, 11) is 0. The van der Waals surface area contributed by atoms with Gasteiger partial charge in [-0.15, -0.1) is 0 Å². The summed E-state index contributed by atoms with van der Waals surface area (Å²) >= 11 is 0. The average Bonchev–Trinajstić information content (AvgIpc) is 3.17. The van der Waals surface area contributed by atoms with Crippen molar-refractivity contribution >= 4 is 11.9 Å². The molecule has 0 saturated heterocycles. The standard InChI is InChI=1S/C49H90O5/c1-3-5-7-9-11-13-15-17-19-20-21-22-23-24-25-26-27-28-30-32-34-36-38-40-42-44-49(52)54-47(45-50)46-53-48(51)43-41-39-37-35-33-31-29-18-16-14-12-10-8-6-4-2/h15,17-18,20-21,29,47,50H,3-14,16,19,22-28,30-46H2,1-2H3/b17-15-,21-20-,29-18-. The first-order valence-electron chi connectivity index (χ1n) is 23.5. The highest BCUT2D eigenvalue weighted by Gasteiger charge is 2.16. The van der Waals surface area contributed by atoms with Crippen LogP contribution < -0.4 is 0 Å². The minimum Gasteiger partial charge on any atom is -0.462 e. The maximum absolute atomic E-state index is 12.2. The minimum atomic E-state index is -0.773. The Morgan fingerprint density at radius 3 is 1.11 bits per heavy atom. The van der Waals surface area contributed by atoms with Crippen LogP contribution in [0, 0.1) is 0 Å². The van der Waals surface area contributed by atoms with Crippen LogP contribution in [0.25, 0.3) is 0 Å². The molecule has 1 N–H and O–H groups in total. The fourth-order valence-corrected chi connectivity index (χ4v) is 6.82. The van der Waals surface area contributed by atoms with E-state index in [1.807, 2.05) is 0 Å². The van der Waals surface area contributed by atoms with Crippen molar-refractivity contribution in [3.8, 4) is 0 Å². The molecule has 0 amide bonds. The first kappa shape index (κ1) is 52.1. The SMILES string of the molecule is CCCCCCC/C=C\C/C=C\CCCCCCCCCCCCCCCC(=O)OC(CO)COC(=O)CCCCCCC/C=C\CCCCCCCC. The van der Waals surface area contributed by atoms with E-state index in [2.05, 4.69) is 50.3 Å². The lowest BCUT2D eigenvalue weighted by Crippen LogP contribution is -2.28. The van der Waals surface area contributed by atoms with E-state index < -0.39 is 6.10 Å². The molecule has 54 heavy (non-hydrogen) atoms. The summed E-state index contributed by atoms with van der Waals surface area (Å²) < 4.78 is 10.6. The summed E-state index contributed by atoms with van der Waals surface area (Å²) in [4.78, 5) is 24.4. The van der Waals surface area contributed by atoms with E-state index in [1.54, 1.807) is 0 Å². The third-order valence-corrected chi connectivity index (χ3v) is 10.4. The zero-order valence-electron chi connectivity index (χ0n) is 36.0. The van der Waals surface area contributed by atoms with Gasteiger partial charge in [0.25, 0.3) is 0 Å². The van der Waals surface area contributed by atoms with E-state index in [-0.39, 0.29) is 25.2 Å². The Balaban J connectivity index is 3.49. The van der Waals surface area contributed by atoms with Gasteiger partial charge in [-0.25, -0.2) is 0 Å². The van der Waals surface area contributed by atoms with Gasteiger partial charge in [0.2, 0.25) is 0 Å². The molecule has 0 aliphatic heterocycles. The minimum absolute atomic E-state index is 0.0681. The van der Waals surface area contributed by atoms with E-state index in [1.165, 1.54) is 167 Å². The molecule has 0 aromatic carbocycles. The highest BCUT2D eigenvalue weighted by molar-refractivity contribution is 5.70. The number of hydrogen-bond donors (Lipinski definition) is 1. The van der Waals surface area contributed by atoms with Crippen LogP contribution >= 0.6 is 0 Å². The van der Waals surface area contributed by atoms with E-state index in [0.29, 0.717) is 12.8 Å². The van der Waals surface area contributed by atoms with Crippen molar-refractivity contribution in [3.63, 3.8) is 0 Å². The van der Waals surface area contributed by atoms with Gasteiger partial charge in [0, 0.05) is 12.8 Å². The molecule has 0 aliphatic carbocycles. The summed E-state index contributed by atoms with van der Waals surface area (Å²) in [5, 5.41) is 9.59. The maximum atomic E-state index is 12.2. The fraction of sp³-hybridized carbons (Fsp3) is 0.837. The Morgan fingerprint density at radius 2 is 0.741 bits per heavy atom. The van der Waals surface area contributed by atoms with Crippen LogP contribution in [0.1, 0.15) is 245 Å². The molecule has 0 heterocycles. The first-order chi connectivity index (χ1) is 26.6. The molecule has 0 aliphatic rings. The summed E-state index contributed by atoms with van der Waals surface area (Å²) in [5.74, 6) is -0.594. The van der Waals surface area contributed by atoms with Crippen molar-refractivity contribution in [3.05, 3.63) is 36.5 Å². The largest absolute Gasteiger partial charge is 0.462 e. The number of carbonyl (C=O) groups is 2. The Labute approximate surface area is 336 Å². The summed E-state index contributed by atoms with van der Waals surface area (Å²) in [6.45, 7) is 4.13. The Morgan fingerprint density at radius 1 is 0.426 bits per heavy atom. The number of ether oxygens (including phenoxy) is 2. The molecule has 0 bridgehead atoms. The highest BCUT2D eigenvalue weighted by atomic mass is 16.6. The van der Waals surface area contributed by atoms with E-state index in [0.717, 1.165) is 51.4 Å². The van der Waals surface area contributed by atoms with Gasteiger partial charge in [0.05, 0.1) is 6.61 Å². The lowest BCUT2D eigenvalue weighted by atomic mass is 10.0. The van der Waals surface area contributed by atoms with E-state index in [4.69, 9.17) is 9.47 Å². The van der Waals surface area contributed by atoms with Gasteiger partial charge in [-0.05, 0) is 70.6 Å². The Kier molecular flexibility index (Phi) is 43.9. The van der Waals surface area contributed by atoms with Crippen LogP contribution in [-0.4, -0.2) is 36.4 Å². The third-order valence-electron chi connectivity index (χ3n) is 10.4. The number of esters is 2. The molecule has 0 saturated carbocycles. The number of hydrogen-bond acceptors (Lipinski definition) is 5. The molecule has 5 heteroatoms. The molecule has 1 atom stereocenters. The normalized spacial score (nSPS) is 12.4. The number of rotatable bonds is 43. The van der Waals surface area contributed by atoms with Crippen LogP contribution in [0.4, 0.5) is 0 Å². The van der Waals surface area contributed by atoms with Crippen molar-refractivity contribution in [1.29, 1.82) is 0 Å². The third kappa shape index (κ3) is 42.9. The summed E-state index contributed by atoms with van der Waals surface area (Å²) in [6.07, 6.45) is 56.5. The molecule has 0 rings (SSSR count). The predicted molar refractivity (Wildman–Crippen MR) is 233 cm³/mol. The van der Waals surface area contributed by atoms with Gasteiger partial charge in [0.15, 0.2) is 6.10 Å². The van der Waals surface area contributed by atoms with Gasteiger partial charge < -0.3 is 14.6 Å². The number of aliphatic hydroxyl groups is 1. The topological polar surface area (TPSA) is 72.8 Å². The van der Waals surface area contributed by atoms with Crippen molar-refractivity contribution in [2.24, 2.45) is 0 Å². The quantitative estimate of drug-likeness (QED) is 0.0381. The second kappa shape index (κ2) is 45.5. The van der Waals surface area contributed by atoms with E-state index >= 15 is 0 Å². The van der Waals surface area contributed by atoms with Gasteiger partial charge >= 0.3 is 11.9 Å². The van der Waals surface area contributed by atoms with Gasteiger partial charge in [-0.3, -0.25) is 9.59 Å². The lowest BCUT2D eigenvalue weighted by Gasteiger charge is -2.15. The Hall–Kier alpha value is -1.88. The summed E-state index contributed by atoms with van der Waals surface area (Å²) in [6, 6.07) is 0. The first-order valence-corrected chi connectivity index (χ1v) is 23.5. The zero-order chi connectivity index (χ0) is 39.3. The van der Waals surface area contributed by atoms with Gasteiger partial charge in [-0.1, -0.05) is 198 Å². The van der Waals surface area contributed by atoms with Gasteiger partial charge in [-0.2, -0.15) is 0 Å². The number of aliphatic hydroxyl groups excluding tert-OH is 1.